The van der Waals surface area contributed by atoms with Gasteiger partial charge in [-0.15, -0.1) is 0 Å². The van der Waals surface area contributed by atoms with Crippen LogP contribution in [0.5, 0.6) is 0 Å². The summed E-state index contributed by atoms with van der Waals surface area (Å²) in [5, 5.41) is 17.7. The fraction of sp³-hybridized carbons (Fsp3) is 1.00. The van der Waals surface area contributed by atoms with Gasteiger partial charge in [0.1, 0.15) is 11.4 Å². The standard InChI is InChI=1S/C20H37FN6O3S/c1-26-19-13(10-23-26)3-2-4-17(19)25-31(29,30)16-11-24-27(12-16)18-7-14(5-6-22-18)20(28)8-15(21)9-20/h13-19,22-25,28H,2-12H2,1H3. The van der Waals surface area contributed by atoms with Gasteiger partial charge in [-0.3, -0.25) is 10.9 Å². The van der Waals surface area contributed by atoms with Crippen molar-refractivity contribution >= 4 is 10.0 Å². The van der Waals surface area contributed by atoms with E-state index in [0.717, 1.165) is 38.8 Å². The van der Waals surface area contributed by atoms with Crippen LogP contribution in [-0.2, 0) is 10.0 Å². The molecule has 0 amide bonds. The van der Waals surface area contributed by atoms with E-state index < -0.39 is 27.0 Å². The fourth-order valence-electron chi connectivity index (χ4n) is 6.56. The molecule has 5 aliphatic rings. The molecule has 0 bridgehead atoms. The molecule has 5 rings (SSSR count). The SMILES string of the molecule is CN1NCC2CCCC(NS(=O)(=O)C3CNN(C4CC(C5(O)CC(F)C5)CCN4)C3)C21. The zero-order chi connectivity index (χ0) is 21.8. The number of nitrogens with one attached hydrogen (secondary N) is 4. The number of aliphatic hydroxyl groups is 1. The van der Waals surface area contributed by atoms with Crippen molar-refractivity contribution in [2.75, 3.05) is 33.2 Å². The number of sulfonamides is 1. The summed E-state index contributed by atoms with van der Waals surface area (Å²) in [5.74, 6) is 0.542. The van der Waals surface area contributed by atoms with Crippen molar-refractivity contribution in [3.05, 3.63) is 0 Å². The molecule has 0 aromatic heterocycles. The maximum atomic E-state index is 13.4. The first-order valence-electron chi connectivity index (χ1n) is 11.8. The third kappa shape index (κ3) is 4.28. The molecule has 2 saturated carbocycles. The van der Waals surface area contributed by atoms with Crippen LogP contribution < -0.4 is 20.9 Å². The quantitative estimate of drug-likeness (QED) is 0.366. The maximum absolute atomic E-state index is 13.4. The van der Waals surface area contributed by atoms with Gasteiger partial charge in [0.05, 0.1) is 11.8 Å². The number of fused-ring (bicyclic) bond motifs is 1. The van der Waals surface area contributed by atoms with E-state index >= 15 is 0 Å². The van der Waals surface area contributed by atoms with Gasteiger partial charge in [0.2, 0.25) is 10.0 Å². The number of nitrogens with zero attached hydrogens (tertiary/aromatic N) is 2. The number of halogens is 1. The van der Waals surface area contributed by atoms with Crippen LogP contribution in [0.1, 0.15) is 44.9 Å². The molecule has 3 heterocycles. The van der Waals surface area contributed by atoms with Gasteiger partial charge in [0.15, 0.2) is 0 Å². The van der Waals surface area contributed by atoms with Gasteiger partial charge in [-0.1, -0.05) is 6.42 Å². The summed E-state index contributed by atoms with van der Waals surface area (Å²) in [6.07, 6.45) is 4.09. The van der Waals surface area contributed by atoms with Crippen molar-refractivity contribution in [3.63, 3.8) is 0 Å². The normalized spacial score (nSPS) is 47.3. The Bertz CT molecular complexity index is 764. The van der Waals surface area contributed by atoms with Gasteiger partial charge in [-0.25, -0.2) is 27.5 Å². The van der Waals surface area contributed by atoms with Crippen molar-refractivity contribution in [2.24, 2.45) is 11.8 Å². The molecule has 5 fully saturated rings. The number of hydrogen-bond donors (Lipinski definition) is 5. The molecule has 31 heavy (non-hydrogen) atoms. The average Bonchev–Trinajstić information content (AvgIpc) is 3.35. The fourth-order valence-corrected chi connectivity index (χ4v) is 8.08. The zero-order valence-electron chi connectivity index (χ0n) is 18.3. The summed E-state index contributed by atoms with van der Waals surface area (Å²) in [5.41, 5.74) is 5.72. The number of alkyl halides is 1. The monoisotopic (exact) mass is 460 g/mol. The topological polar surface area (TPSA) is 109 Å². The van der Waals surface area contributed by atoms with E-state index in [4.69, 9.17) is 0 Å². The lowest BCUT2D eigenvalue weighted by atomic mass is 9.66. The Labute approximate surface area is 184 Å². The Morgan fingerprint density at radius 1 is 1.16 bits per heavy atom. The van der Waals surface area contributed by atoms with E-state index in [1.807, 2.05) is 12.1 Å². The number of rotatable bonds is 5. The number of likely N-dealkylation sites (N-methyl/N-ethyl adjacent to an activating group) is 1. The molecule has 3 aliphatic heterocycles. The third-order valence-corrected chi connectivity index (χ3v) is 10.2. The first kappa shape index (κ1) is 22.4. The Balaban J connectivity index is 1.19. The van der Waals surface area contributed by atoms with E-state index in [-0.39, 0.29) is 37.0 Å². The van der Waals surface area contributed by atoms with Gasteiger partial charge in [-0.2, -0.15) is 0 Å². The second-order valence-electron chi connectivity index (χ2n) is 10.4. The van der Waals surface area contributed by atoms with Crippen LogP contribution in [0.4, 0.5) is 4.39 Å². The van der Waals surface area contributed by atoms with Crippen molar-refractivity contribution in [1.82, 2.24) is 30.9 Å². The lowest BCUT2D eigenvalue weighted by Crippen LogP contribution is -2.59. The Kier molecular flexibility index (Phi) is 6.09. The van der Waals surface area contributed by atoms with Crippen LogP contribution in [0.2, 0.25) is 0 Å². The van der Waals surface area contributed by atoms with Crippen LogP contribution in [0.3, 0.4) is 0 Å². The molecule has 3 saturated heterocycles. The maximum Gasteiger partial charge on any atom is 0.217 e. The van der Waals surface area contributed by atoms with E-state index in [9.17, 15) is 17.9 Å². The Morgan fingerprint density at radius 2 is 1.97 bits per heavy atom. The first-order chi connectivity index (χ1) is 14.7. The predicted molar refractivity (Wildman–Crippen MR) is 115 cm³/mol. The number of piperidine rings is 1. The molecular weight excluding hydrogens is 423 g/mol. The summed E-state index contributed by atoms with van der Waals surface area (Å²) in [6, 6.07) is 0.147. The molecule has 0 aromatic rings. The molecule has 11 heteroatoms. The van der Waals surface area contributed by atoms with E-state index in [1.54, 1.807) is 0 Å². The Hall–Kier alpha value is -0.400. The molecule has 5 N–H and O–H groups in total. The summed E-state index contributed by atoms with van der Waals surface area (Å²) >= 11 is 0. The zero-order valence-corrected chi connectivity index (χ0v) is 19.1. The second kappa shape index (κ2) is 8.43. The molecule has 0 spiro atoms. The predicted octanol–water partition coefficient (Wildman–Crippen LogP) is -0.729. The van der Waals surface area contributed by atoms with Crippen molar-refractivity contribution in [3.8, 4) is 0 Å². The lowest BCUT2D eigenvalue weighted by Gasteiger charge is -2.49. The minimum absolute atomic E-state index is 0.0471. The molecule has 9 nitrogen and oxygen atoms in total. The largest absolute Gasteiger partial charge is 0.389 e. The summed E-state index contributed by atoms with van der Waals surface area (Å²) < 4.78 is 42.8. The van der Waals surface area contributed by atoms with Crippen molar-refractivity contribution in [2.45, 2.75) is 80.2 Å². The summed E-state index contributed by atoms with van der Waals surface area (Å²) in [6.45, 7) is 2.44. The van der Waals surface area contributed by atoms with Gasteiger partial charge in [0, 0.05) is 51.6 Å². The molecule has 2 aliphatic carbocycles. The minimum atomic E-state index is -3.47. The first-order valence-corrected chi connectivity index (χ1v) is 13.4. The molecule has 0 radical (unpaired) electrons. The van der Waals surface area contributed by atoms with Crippen LogP contribution in [-0.4, -0.2) is 92.0 Å². The minimum Gasteiger partial charge on any atom is -0.389 e. The van der Waals surface area contributed by atoms with Crippen LogP contribution in [0.25, 0.3) is 0 Å². The molecule has 0 aromatic carbocycles. The second-order valence-corrected chi connectivity index (χ2v) is 12.4. The highest BCUT2D eigenvalue weighted by Gasteiger charge is 2.51. The van der Waals surface area contributed by atoms with E-state index in [0.29, 0.717) is 25.4 Å². The number of hydrazine groups is 2. The molecule has 178 valence electrons. The van der Waals surface area contributed by atoms with Crippen molar-refractivity contribution in [1.29, 1.82) is 0 Å². The van der Waals surface area contributed by atoms with Gasteiger partial charge >= 0.3 is 0 Å². The third-order valence-electron chi connectivity index (χ3n) is 8.38. The van der Waals surface area contributed by atoms with Crippen LogP contribution >= 0.6 is 0 Å². The van der Waals surface area contributed by atoms with Crippen LogP contribution in [0, 0.1) is 11.8 Å². The van der Waals surface area contributed by atoms with Crippen LogP contribution in [0.15, 0.2) is 0 Å². The van der Waals surface area contributed by atoms with Gasteiger partial charge < -0.3 is 10.4 Å². The van der Waals surface area contributed by atoms with Gasteiger partial charge in [-0.05, 0) is 44.1 Å². The molecule has 6 unspecified atom stereocenters. The highest BCUT2D eigenvalue weighted by molar-refractivity contribution is 7.90. The molecular formula is C20H37FN6O3S. The molecule has 6 atom stereocenters. The van der Waals surface area contributed by atoms with E-state index in [2.05, 4.69) is 25.9 Å². The summed E-state index contributed by atoms with van der Waals surface area (Å²) in [4.78, 5) is 0. The van der Waals surface area contributed by atoms with Crippen molar-refractivity contribution < 1.29 is 17.9 Å². The average molecular weight is 461 g/mol. The van der Waals surface area contributed by atoms with E-state index in [1.165, 1.54) is 0 Å². The van der Waals surface area contributed by atoms with Gasteiger partial charge in [0.25, 0.3) is 0 Å². The smallest absolute Gasteiger partial charge is 0.217 e. The highest BCUT2D eigenvalue weighted by atomic mass is 32.2. The lowest BCUT2D eigenvalue weighted by molar-refractivity contribution is -0.139. The number of hydrogen-bond acceptors (Lipinski definition) is 8. The Morgan fingerprint density at radius 3 is 2.74 bits per heavy atom. The highest BCUT2D eigenvalue weighted by Crippen LogP contribution is 2.44. The summed E-state index contributed by atoms with van der Waals surface area (Å²) in [7, 11) is -1.47.